The first-order chi connectivity index (χ1) is 12.6. The van der Waals surface area contributed by atoms with E-state index in [4.69, 9.17) is 23.2 Å². The van der Waals surface area contributed by atoms with Crippen LogP contribution in [0.25, 0.3) is 0 Å². The molecule has 0 radical (unpaired) electrons. The number of para-hydroxylation sites is 1. The molecule has 0 saturated carbocycles. The number of anilines is 1. The number of nitrogens with zero attached hydrogens (tertiary/aromatic N) is 3. The number of halogens is 2. The molecule has 2 aromatic rings. The van der Waals surface area contributed by atoms with E-state index in [1.54, 1.807) is 0 Å². The highest BCUT2D eigenvalue weighted by atomic mass is 35.5. The van der Waals surface area contributed by atoms with Crippen LogP contribution in [-0.4, -0.2) is 30.1 Å². The van der Waals surface area contributed by atoms with Crippen LogP contribution >= 0.6 is 23.2 Å². The van der Waals surface area contributed by atoms with Crippen molar-refractivity contribution in [2.24, 2.45) is 0 Å². The highest BCUT2D eigenvalue weighted by Crippen LogP contribution is 2.35. The second-order valence-corrected chi connectivity index (χ2v) is 7.64. The maximum absolute atomic E-state index is 13.0. The van der Waals surface area contributed by atoms with Gasteiger partial charge in [-0.05, 0) is 23.7 Å². The molecule has 0 aliphatic carbocycles. The van der Waals surface area contributed by atoms with Gasteiger partial charge in [0.2, 0.25) is 5.24 Å². The third-order valence-electron chi connectivity index (χ3n) is 3.31. The molecule has 10 nitrogen and oxygen atoms in total. The van der Waals surface area contributed by atoms with Crippen LogP contribution in [0.2, 0.25) is 5.02 Å². The topological polar surface area (TPSA) is 141 Å². The van der Waals surface area contributed by atoms with Crippen molar-refractivity contribution in [3.05, 3.63) is 67.7 Å². The first kappa shape index (κ1) is 20.6. The third-order valence-corrected chi connectivity index (χ3v) is 5.55. The number of hydrogen-bond donors (Lipinski definition) is 0. The Labute approximate surface area is 162 Å². The summed E-state index contributed by atoms with van der Waals surface area (Å²) >= 11 is 11.3. The quantitative estimate of drug-likeness (QED) is 0.370. The molecule has 27 heavy (non-hydrogen) atoms. The number of rotatable bonds is 7. The van der Waals surface area contributed by atoms with Crippen LogP contribution in [0.5, 0.6) is 0 Å². The number of sulfonamides is 1. The Morgan fingerprint density at radius 3 is 2.26 bits per heavy atom. The molecule has 0 aromatic heterocycles. The van der Waals surface area contributed by atoms with Crippen molar-refractivity contribution < 1.29 is 23.1 Å². The lowest BCUT2D eigenvalue weighted by molar-refractivity contribution is -0.387. The normalized spacial score (nSPS) is 11.0. The van der Waals surface area contributed by atoms with Gasteiger partial charge in [-0.3, -0.25) is 29.3 Å². The second kappa shape index (κ2) is 7.86. The Hall–Kier alpha value is -2.76. The summed E-state index contributed by atoms with van der Waals surface area (Å²) in [5.41, 5.74) is -1.66. The van der Waals surface area contributed by atoms with Gasteiger partial charge in [-0.15, -0.1) is 0 Å². The number of carbonyl (C=O) groups excluding carboxylic acids is 1. The third kappa shape index (κ3) is 4.32. The highest BCUT2D eigenvalue weighted by Gasteiger charge is 2.34. The summed E-state index contributed by atoms with van der Waals surface area (Å²) in [4.78, 5) is 31.1. The van der Waals surface area contributed by atoms with Gasteiger partial charge in [0.05, 0.1) is 20.6 Å². The number of carbonyl (C=O) groups is 1. The SMILES string of the molecule is O=C(Cl)CN(c1cc([N+](=O)[O-])ccc1Cl)S(=O)(=O)c1ccccc1[N+](=O)[O-]. The van der Waals surface area contributed by atoms with E-state index in [0.717, 1.165) is 30.3 Å². The van der Waals surface area contributed by atoms with E-state index in [9.17, 15) is 33.4 Å². The van der Waals surface area contributed by atoms with E-state index in [2.05, 4.69) is 0 Å². The minimum Gasteiger partial charge on any atom is -0.279 e. The van der Waals surface area contributed by atoms with Crippen molar-refractivity contribution >= 4 is 55.5 Å². The first-order valence-electron chi connectivity index (χ1n) is 6.94. The molecule has 0 heterocycles. The fourth-order valence-electron chi connectivity index (χ4n) is 2.16. The Morgan fingerprint density at radius 1 is 1.07 bits per heavy atom. The summed E-state index contributed by atoms with van der Waals surface area (Å²) in [5, 5.41) is 20.8. The zero-order valence-corrected chi connectivity index (χ0v) is 15.4. The summed E-state index contributed by atoms with van der Waals surface area (Å²) in [6.07, 6.45) is 0. The summed E-state index contributed by atoms with van der Waals surface area (Å²) in [7, 11) is -4.71. The van der Waals surface area contributed by atoms with Crippen LogP contribution in [-0.2, 0) is 14.8 Å². The van der Waals surface area contributed by atoms with E-state index in [-0.39, 0.29) is 5.02 Å². The average Bonchev–Trinajstić information content (AvgIpc) is 2.59. The minimum atomic E-state index is -4.71. The number of non-ortho nitro benzene ring substituents is 1. The Balaban J connectivity index is 2.75. The Kier molecular flexibility index (Phi) is 5.98. The van der Waals surface area contributed by atoms with Gasteiger partial charge < -0.3 is 0 Å². The molecule has 142 valence electrons. The summed E-state index contributed by atoms with van der Waals surface area (Å²) < 4.78 is 26.4. The Morgan fingerprint density at radius 2 is 1.70 bits per heavy atom. The van der Waals surface area contributed by atoms with Gasteiger partial charge in [-0.1, -0.05) is 23.7 Å². The smallest absolute Gasteiger partial charge is 0.279 e. The van der Waals surface area contributed by atoms with Crippen LogP contribution in [0.3, 0.4) is 0 Å². The number of benzene rings is 2. The molecule has 2 rings (SSSR count). The largest absolute Gasteiger partial charge is 0.289 e. The molecule has 0 aliphatic rings. The van der Waals surface area contributed by atoms with Crippen LogP contribution in [0.4, 0.5) is 17.1 Å². The van der Waals surface area contributed by atoms with Crippen molar-refractivity contribution in [1.29, 1.82) is 0 Å². The fraction of sp³-hybridized carbons (Fsp3) is 0.0714. The standard InChI is InChI=1S/C14H9Cl2N3O7S/c15-10-6-5-9(18(21)22)7-12(10)17(8-14(16)20)27(25,26)13-4-2-1-3-11(13)19(23)24/h1-7H,8H2. The van der Waals surface area contributed by atoms with Crippen LogP contribution in [0.15, 0.2) is 47.4 Å². The van der Waals surface area contributed by atoms with Crippen molar-refractivity contribution in [3.8, 4) is 0 Å². The van der Waals surface area contributed by atoms with Crippen LogP contribution < -0.4 is 4.31 Å². The molecule has 13 heteroatoms. The predicted molar refractivity (Wildman–Crippen MR) is 96.6 cm³/mol. The minimum absolute atomic E-state index is 0.235. The van der Waals surface area contributed by atoms with Crippen molar-refractivity contribution in [3.63, 3.8) is 0 Å². The molecule has 0 amide bonds. The predicted octanol–water partition coefficient (Wildman–Crippen LogP) is 3.12. The molecular weight excluding hydrogens is 425 g/mol. The molecule has 0 atom stereocenters. The number of nitro groups is 2. The van der Waals surface area contributed by atoms with E-state index < -0.39 is 53.6 Å². The summed E-state index contributed by atoms with van der Waals surface area (Å²) in [6.45, 7) is -0.948. The molecule has 0 bridgehead atoms. The summed E-state index contributed by atoms with van der Waals surface area (Å²) in [5.74, 6) is 0. The Bertz CT molecular complexity index is 1040. The van der Waals surface area contributed by atoms with Crippen LogP contribution in [0, 0.1) is 20.2 Å². The number of nitro benzene ring substituents is 2. The monoisotopic (exact) mass is 433 g/mol. The van der Waals surface area contributed by atoms with Gasteiger partial charge >= 0.3 is 0 Å². The molecular formula is C14H9Cl2N3O7S. The fourth-order valence-corrected chi connectivity index (χ4v) is 4.22. The lowest BCUT2D eigenvalue weighted by Gasteiger charge is -2.23. The second-order valence-electron chi connectivity index (χ2n) is 4.98. The van der Waals surface area contributed by atoms with E-state index >= 15 is 0 Å². The van der Waals surface area contributed by atoms with Gasteiger partial charge in [0.15, 0.2) is 4.90 Å². The van der Waals surface area contributed by atoms with Crippen LogP contribution in [0.1, 0.15) is 0 Å². The molecule has 2 aromatic carbocycles. The highest BCUT2D eigenvalue weighted by molar-refractivity contribution is 7.93. The van der Waals surface area contributed by atoms with Crippen molar-refractivity contribution in [2.45, 2.75) is 4.90 Å². The van der Waals surface area contributed by atoms with Gasteiger partial charge in [-0.2, -0.15) is 0 Å². The summed E-state index contributed by atoms with van der Waals surface area (Å²) in [6, 6.07) is 7.35. The number of hydrogen-bond acceptors (Lipinski definition) is 7. The van der Waals surface area contributed by atoms with Gasteiger partial charge in [0.25, 0.3) is 21.4 Å². The lowest BCUT2D eigenvalue weighted by atomic mass is 10.3. The molecule has 0 spiro atoms. The average molecular weight is 434 g/mol. The van der Waals surface area contributed by atoms with Crippen molar-refractivity contribution in [2.75, 3.05) is 10.8 Å². The molecule has 0 unspecified atom stereocenters. The van der Waals surface area contributed by atoms with E-state index in [0.29, 0.717) is 4.31 Å². The maximum atomic E-state index is 13.0. The van der Waals surface area contributed by atoms with Crippen molar-refractivity contribution in [1.82, 2.24) is 0 Å². The molecule has 0 aliphatic heterocycles. The first-order valence-corrected chi connectivity index (χ1v) is 9.13. The zero-order valence-electron chi connectivity index (χ0n) is 13.1. The van der Waals surface area contributed by atoms with E-state index in [1.165, 1.54) is 12.1 Å². The lowest BCUT2D eigenvalue weighted by Crippen LogP contribution is -2.35. The van der Waals surface area contributed by atoms with Gasteiger partial charge in [-0.25, -0.2) is 8.42 Å². The van der Waals surface area contributed by atoms with Gasteiger partial charge in [0, 0.05) is 18.2 Å². The zero-order chi connectivity index (χ0) is 20.4. The maximum Gasteiger partial charge on any atom is 0.289 e. The molecule has 0 saturated heterocycles. The molecule has 0 N–H and O–H groups in total. The van der Waals surface area contributed by atoms with E-state index in [1.807, 2.05) is 0 Å². The van der Waals surface area contributed by atoms with Gasteiger partial charge in [0.1, 0.15) is 6.54 Å². The molecule has 0 fully saturated rings.